The summed E-state index contributed by atoms with van der Waals surface area (Å²) in [6, 6.07) is 0. The topological polar surface area (TPSA) is 12.5 Å². The number of hydrogen-bond acceptors (Lipinski definition) is 2. The zero-order chi connectivity index (χ0) is 6.53. The molecule has 1 aliphatic heterocycles. The fourth-order valence-electron chi connectivity index (χ4n) is 1.14. The number of morpholine rings is 1. The Hall–Kier alpha value is 0.137. The maximum Gasteiger partial charge on any atom is 0.0593 e. The van der Waals surface area contributed by atoms with Gasteiger partial charge < -0.3 is 9.64 Å². The SMILES string of the molecule is C[SiH2]CN1CCOCC1. The third kappa shape index (κ3) is 2.47. The van der Waals surface area contributed by atoms with Crippen LogP contribution in [0.15, 0.2) is 0 Å². The smallest absolute Gasteiger partial charge is 0.0593 e. The second-order valence-corrected chi connectivity index (χ2v) is 3.90. The third-order valence-electron chi connectivity index (χ3n) is 1.64. The van der Waals surface area contributed by atoms with Crippen molar-refractivity contribution >= 4 is 9.52 Å². The molecule has 0 radical (unpaired) electrons. The van der Waals surface area contributed by atoms with Crippen LogP contribution in [0, 0.1) is 0 Å². The van der Waals surface area contributed by atoms with Gasteiger partial charge in [0.25, 0.3) is 0 Å². The molecular weight excluding hydrogens is 130 g/mol. The van der Waals surface area contributed by atoms with E-state index in [4.69, 9.17) is 4.74 Å². The van der Waals surface area contributed by atoms with Gasteiger partial charge in [-0.05, 0) is 6.17 Å². The largest absolute Gasteiger partial charge is 0.379 e. The monoisotopic (exact) mass is 145 g/mol. The second kappa shape index (κ2) is 4.03. The molecule has 1 saturated heterocycles. The maximum absolute atomic E-state index is 5.22. The molecule has 0 aliphatic carbocycles. The Bertz CT molecular complexity index is 70.7. The Morgan fingerprint density at radius 2 is 2.11 bits per heavy atom. The van der Waals surface area contributed by atoms with Crippen LogP contribution >= 0.6 is 0 Å². The van der Waals surface area contributed by atoms with Crippen LogP contribution in [0.4, 0.5) is 0 Å². The van der Waals surface area contributed by atoms with Crippen molar-refractivity contribution in [3.63, 3.8) is 0 Å². The van der Waals surface area contributed by atoms with Crippen LogP contribution in [0.3, 0.4) is 0 Å². The summed E-state index contributed by atoms with van der Waals surface area (Å²) in [5, 5.41) is 0. The summed E-state index contributed by atoms with van der Waals surface area (Å²) < 4.78 is 5.22. The fraction of sp³-hybridized carbons (Fsp3) is 1.00. The Labute approximate surface area is 59.0 Å². The minimum atomic E-state index is 0.240. The number of ether oxygens (including phenoxy) is 1. The first-order valence-electron chi connectivity index (χ1n) is 3.73. The van der Waals surface area contributed by atoms with Crippen molar-refractivity contribution in [2.24, 2.45) is 0 Å². The van der Waals surface area contributed by atoms with Crippen molar-refractivity contribution in [3.05, 3.63) is 0 Å². The highest BCUT2D eigenvalue weighted by Crippen LogP contribution is 1.93. The summed E-state index contributed by atoms with van der Waals surface area (Å²) in [4.78, 5) is 2.51. The first kappa shape index (κ1) is 7.25. The molecule has 0 N–H and O–H groups in total. The van der Waals surface area contributed by atoms with Crippen molar-refractivity contribution in [1.29, 1.82) is 0 Å². The molecule has 1 aliphatic rings. The molecule has 0 bridgehead atoms. The van der Waals surface area contributed by atoms with E-state index in [0.717, 1.165) is 13.2 Å². The molecule has 1 heterocycles. The molecule has 0 unspecified atom stereocenters. The maximum atomic E-state index is 5.22. The van der Waals surface area contributed by atoms with Crippen LogP contribution < -0.4 is 0 Å². The lowest BCUT2D eigenvalue weighted by atomic mass is 10.5. The number of hydrogen-bond donors (Lipinski definition) is 0. The van der Waals surface area contributed by atoms with Gasteiger partial charge in [0.05, 0.1) is 13.2 Å². The number of nitrogens with zero attached hydrogens (tertiary/aromatic N) is 1. The van der Waals surface area contributed by atoms with Gasteiger partial charge in [-0.25, -0.2) is 0 Å². The van der Waals surface area contributed by atoms with E-state index in [2.05, 4.69) is 11.4 Å². The molecule has 3 heteroatoms. The van der Waals surface area contributed by atoms with E-state index >= 15 is 0 Å². The van der Waals surface area contributed by atoms with E-state index in [-0.39, 0.29) is 9.52 Å². The first-order chi connectivity index (χ1) is 4.43. The molecule has 1 rings (SSSR count). The molecule has 0 aromatic carbocycles. The van der Waals surface area contributed by atoms with Crippen molar-refractivity contribution < 1.29 is 4.74 Å². The Morgan fingerprint density at radius 3 is 2.67 bits per heavy atom. The van der Waals surface area contributed by atoms with Crippen LogP contribution in [-0.4, -0.2) is 46.9 Å². The first-order valence-corrected chi connectivity index (χ1v) is 6.15. The molecule has 9 heavy (non-hydrogen) atoms. The molecular formula is C6H15NOSi. The second-order valence-electron chi connectivity index (χ2n) is 2.45. The van der Waals surface area contributed by atoms with Gasteiger partial charge in [-0.2, -0.15) is 0 Å². The Kier molecular flexibility index (Phi) is 3.25. The van der Waals surface area contributed by atoms with E-state index in [9.17, 15) is 0 Å². The van der Waals surface area contributed by atoms with Crippen LogP contribution in [0.2, 0.25) is 6.55 Å². The van der Waals surface area contributed by atoms with Gasteiger partial charge in [0.1, 0.15) is 0 Å². The molecule has 0 atom stereocenters. The molecule has 1 fully saturated rings. The number of rotatable bonds is 2. The predicted octanol–water partition coefficient (Wildman–Crippen LogP) is -0.507. The average molecular weight is 145 g/mol. The van der Waals surface area contributed by atoms with Crippen molar-refractivity contribution in [2.75, 3.05) is 32.5 Å². The van der Waals surface area contributed by atoms with Crippen LogP contribution in [0.5, 0.6) is 0 Å². The molecule has 0 aromatic rings. The van der Waals surface area contributed by atoms with Crippen LogP contribution in [0.25, 0.3) is 0 Å². The quantitative estimate of drug-likeness (QED) is 0.485. The Balaban J connectivity index is 2.08. The summed E-state index contributed by atoms with van der Waals surface area (Å²) >= 11 is 0. The Morgan fingerprint density at radius 1 is 1.44 bits per heavy atom. The van der Waals surface area contributed by atoms with Gasteiger partial charge in [-0.15, -0.1) is 0 Å². The standard InChI is InChI=1S/C6H15NOSi/c1-9-6-7-2-4-8-5-3-7/h2-6,9H2,1H3. The summed E-state index contributed by atoms with van der Waals surface area (Å²) in [5.74, 6) is 0. The zero-order valence-corrected chi connectivity index (χ0v) is 7.51. The summed E-state index contributed by atoms with van der Waals surface area (Å²) in [5.41, 5.74) is 0. The normalized spacial score (nSPS) is 23.7. The van der Waals surface area contributed by atoms with Gasteiger partial charge >= 0.3 is 0 Å². The minimum Gasteiger partial charge on any atom is -0.379 e. The average Bonchev–Trinajstić information content (AvgIpc) is 1.91. The highest BCUT2D eigenvalue weighted by molar-refractivity contribution is 6.33. The lowest BCUT2D eigenvalue weighted by Gasteiger charge is -2.25. The van der Waals surface area contributed by atoms with Crippen molar-refractivity contribution in [1.82, 2.24) is 4.90 Å². The molecule has 0 amide bonds. The van der Waals surface area contributed by atoms with Crippen LogP contribution in [-0.2, 0) is 4.74 Å². The lowest BCUT2D eigenvalue weighted by Crippen LogP contribution is -2.38. The summed E-state index contributed by atoms with van der Waals surface area (Å²) in [7, 11) is 0.240. The van der Waals surface area contributed by atoms with Gasteiger partial charge in [-0.3, -0.25) is 0 Å². The summed E-state index contributed by atoms with van der Waals surface area (Å²) in [6.45, 7) is 6.60. The van der Waals surface area contributed by atoms with Gasteiger partial charge in [0.15, 0.2) is 0 Å². The van der Waals surface area contributed by atoms with E-state index in [1.54, 1.807) is 0 Å². The molecule has 0 aromatic heterocycles. The zero-order valence-electron chi connectivity index (χ0n) is 6.10. The molecule has 2 nitrogen and oxygen atoms in total. The van der Waals surface area contributed by atoms with E-state index in [0.29, 0.717) is 0 Å². The predicted molar refractivity (Wildman–Crippen MR) is 41.7 cm³/mol. The summed E-state index contributed by atoms with van der Waals surface area (Å²) in [6.07, 6.45) is 1.38. The van der Waals surface area contributed by atoms with Crippen molar-refractivity contribution in [3.8, 4) is 0 Å². The molecule has 0 saturated carbocycles. The molecule has 0 spiro atoms. The lowest BCUT2D eigenvalue weighted by molar-refractivity contribution is 0.0463. The van der Waals surface area contributed by atoms with E-state index in [1.165, 1.54) is 19.3 Å². The van der Waals surface area contributed by atoms with E-state index in [1.807, 2.05) is 0 Å². The highest BCUT2D eigenvalue weighted by Gasteiger charge is 2.07. The highest BCUT2D eigenvalue weighted by atomic mass is 28.2. The molecule has 54 valence electrons. The van der Waals surface area contributed by atoms with Crippen LogP contribution in [0.1, 0.15) is 0 Å². The van der Waals surface area contributed by atoms with Gasteiger partial charge in [-0.1, -0.05) is 6.55 Å². The fourth-order valence-corrected chi connectivity index (χ4v) is 2.22. The van der Waals surface area contributed by atoms with Crippen molar-refractivity contribution in [2.45, 2.75) is 6.55 Å². The van der Waals surface area contributed by atoms with E-state index < -0.39 is 0 Å². The van der Waals surface area contributed by atoms with Gasteiger partial charge in [0.2, 0.25) is 0 Å². The third-order valence-corrected chi connectivity index (χ3v) is 2.72. The van der Waals surface area contributed by atoms with Gasteiger partial charge in [0, 0.05) is 22.6 Å². The minimum absolute atomic E-state index is 0.240.